The van der Waals surface area contributed by atoms with Gasteiger partial charge in [0.15, 0.2) is 0 Å². The lowest BCUT2D eigenvalue weighted by molar-refractivity contribution is 0.160. The Hall–Kier alpha value is -1.88. The van der Waals surface area contributed by atoms with Gasteiger partial charge >= 0.3 is 0 Å². The van der Waals surface area contributed by atoms with Crippen molar-refractivity contribution in [2.75, 3.05) is 6.54 Å². The fraction of sp³-hybridized carbons (Fsp3) is 0.333. The van der Waals surface area contributed by atoms with E-state index < -0.39 is 0 Å². The van der Waals surface area contributed by atoms with Crippen molar-refractivity contribution in [3.63, 3.8) is 0 Å². The number of nitrogens with zero attached hydrogens (tertiary/aromatic N) is 3. The van der Waals surface area contributed by atoms with Crippen molar-refractivity contribution in [2.24, 2.45) is 0 Å². The van der Waals surface area contributed by atoms with Gasteiger partial charge in [-0.25, -0.2) is 4.98 Å². The Morgan fingerprint density at radius 3 is 2.85 bits per heavy atom. The van der Waals surface area contributed by atoms with Crippen LogP contribution in [0.3, 0.4) is 0 Å². The highest BCUT2D eigenvalue weighted by Crippen LogP contribution is 2.32. The molecular weight excluding hydrogens is 379 g/mol. The highest BCUT2D eigenvalue weighted by molar-refractivity contribution is 6.33. The van der Waals surface area contributed by atoms with Crippen molar-refractivity contribution in [1.29, 1.82) is 0 Å². The van der Waals surface area contributed by atoms with E-state index in [-0.39, 0.29) is 0 Å². The monoisotopic (exact) mass is 398 g/mol. The second kappa shape index (κ2) is 6.93. The van der Waals surface area contributed by atoms with Crippen LogP contribution in [0.2, 0.25) is 10.0 Å². The van der Waals surface area contributed by atoms with Crippen LogP contribution in [-0.4, -0.2) is 32.4 Å². The fourth-order valence-corrected chi connectivity index (χ4v) is 4.80. The Morgan fingerprint density at radius 2 is 1.96 bits per heavy atom. The van der Waals surface area contributed by atoms with Crippen LogP contribution in [0.4, 0.5) is 0 Å². The van der Waals surface area contributed by atoms with Crippen LogP contribution >= 0.6 is 23.2 Å². The third-order valence-corrected chi connectivity index (χ3v) is 6.44. The van der Waals surface area contributed by atoms with Gasteiger partial charge in [0.2, 0.25) is 0 Å². The molecule has 3 heterocycles. The molecule has 0 spiro atoms. The summed E-state index contributed by atoms with van der Waals surface area (Å²) < 4.78 is 0. The minimum atomic E-state index is 0.512. The molecule has 1 N–H and O–H groups in total. The minimum Gasteiger partial charge on any atom is -0.340 e. The Morgan fingerprint density at radius 1 is 1.07 bits per heavy atom. The molecule has 0 amide bonds. The third kappa shape index (κ3) is 3.16. The molecule has 1 aromatic carbocycles. The Balaban J connectivity index is 1.38. The van der Waals surface area contributed by atoms with Gasteiger partial charge in [-0.3, -0.25) is 9.88 Å². The molecule has 1 unspecified atom stereocenters. The molecular formula is C21H20Cl2N4. The summed E-state index contributed by atoms with van der Waals surface area (Å²) in [5.74, 6) is 0.871. The maximum atomic E-state index is 6.40. The number of aryl methyl sites for hydroxylation is 1. The van der Waals surface area contributed by atoms with Crippen molar-refractivity contribution in [3.05, 3.63) is 69.2 Å². The predicted molar refractivity (Wildman–Crippen MR) is 108 cm³/mol. The molecule has 1 aliphatic heterocycles. The van der Waals surface area contributed by atoms with Crippen molar-refractivity contribution in [3.8, 4) is 11.4 Å². The minimum absolute atomic E-state index is 0.512. The van der Waals surface area contributed by atoms with Gasteiger partial charge in [0.1, 0.15) is 5.82 Å². The molecule has 2 aromatic heterocycles. The predicted octanol–water partition coefficient (Wildman–Crippen LogP) is 4.69. The molecule has 0 bridgehead atoms. The van der Waals surface area contributed by atoms with Crippen LogP contribution in [0.5, 0.6) is 0 Å². The summed E-state index contributed by atoms with van der Waals surface area (Å²) in [4.78, 5) is 15.1. The molecule has 27 heavy (non-hydrogen) atoms. The van der Waals surface area contributed by atoms with Gasteiger partial charge in [-0.15, -0.1) is 0 Å². The number of benzene rings is 1. The molecule has 4 nitrogen and oxygen atoms in total. The first-order chi connectivity index (χ1) is 13.2. The van der Waals surface area contributed by atoms with Crippen LogP contribution in [0, 0.1) is 0 Å². The number of fused-ring (bicyclic) bond motifs is 2. The van der Waals surface area contributed by atoms with Crippen LogP contribution in [0.1, 0.15) is 28.9 Å². The zero-order valence-electron chi connectivity index (χ0n) is 14.9. The maximum absolute atomic E-state index is 6.40. The van der Waals surface area contributed by atoms with Gasteiger partial charge in [-0.2, -0.15) is 0 Å². The largest absolute Gasteiger partial charge is 0.340 e. The number of rotatable bonds is 2. The Labute approximate surface area is 168 Å². The highest BCUT2D eigenvalue weighted by Gasteiger charge is 2.30. The number of hydrogen-bond acceptors (Lipinski definition) is 3. The van der Waals surface area contributed by atoms with Crippen molar-refractivity contribution < 1.29 is 0 Å². The summed E-state index contributed by atoms with van der Waals surface area (Å²) in [7, 11) is 0. The average molecular weight is 399 g/mol. The number of aromatic amines is 1. The van der Waals surface area contributed by atoms with Gasteiger partial charge in [0.25, 0.3) is 0 Å². The molecule has 0 fully saturated rings. The lowest BCUT2D eigenvalue weighted by Gasteiger charge is -2.37. The molecule has 3 aromatic rings. The summed E-state index contributed by atoms with van der Waals surface area (Å²) >= 11 is 12.8. The number of nitrogens with one attached hydrogen (secondary N) is 1. The first-order valence-corrected chi connectivity index (χ1v) is 10.1. The average Bonchev–Trinajstić information content (AvgIpc) is 3.11. The molecule has 6 heteroatoms. The number of aromatic nitrogens is 3. The lowest BCUT2D eigenvalue weighted by atomic mass is 9.88. The van der Waals surface area contributed by atoms with E-state index in [2.05, 4.69) is 14.9 Å². The standard InChI is InChI=1S/C21H20Cl2N4/c22-17-4-2-1-3-15(17)21-25-19-7-8-27(12-20(19)26-21)14-6-5-13-10-24-11-18(23)16(13)9-14/h1-4,10-11,14H,5-9,12H2,(H,25,26). The van der Waals surface area contributed by atoms with Gasteiger partial charge in [-0.05, 0) is 42.5 Å². The zero-order valence-corrected chi connectivity index (χ0v) is 16.4. The van der Waals surface area contributed by atoms with Crippen LogP contribution in [-0.2, 0) is 25.8 Å². The quantitative estimate of drug-likeness (QED) is 0.680. The van der Waals surface area contributed by atoms with Gasteiger partial charge in [0, 0.05) is 43.5 Å². The summed E-state index contributed by atoms with van der Waals surface area (Å²) in [5, 5.41) is 1.53. The second-order valence-electron chi connectivity index (χ2n) is 7.37. The summed E-state index contributed by atoms with van der Waals surface area (Å²) in [6, 6.07) is 8.37. The van der Waals surface area contributed by atoms with E-state index in [4.69, 9.17) is 28.2 Å². The normalized spacial score (nSPS) is 19.6. The van der Waals surface area contributed by atoms with Crippen molar-refractivity contribution in [1.82, 2.24) is 19.9 Å². The van der Waals surface area contributed by atoms with E-state index in [1.54, 1.807) is 6.20 Å². The number of halogens is 2. The molecule has 0 saturated carbocycles. The van der Waals surface area contributed by atoms with E-state index in [1.807, 2.05) is 30.5 Å². The number of hydrogen-bond donors (Lipinski definition) is 1. The smallest absolute Gasteiger partial charge is 0.139 e. The first kappa shape index (κ1) is 17.2. The van der Waals surface area contributed by atoms with Crippen molar-refractivity contribution >= 4 is 23.2 Å². The van der Waals surface area contributed by atoms with Gasteiger partial charge < -0.3 is 4.98 Å². The van der Waals surface area contributed by atoms with E-state index >= 15 is 0 Å². The zero-order chi connectivity index (χ0) is 18.4. The highest BCUT2D eigenvalue weighted by atomic mass is 35.5. The summed E-state index contributed by atoms with van der Waals surface area (Å²) in [6.07, 6.45) is 7.89. The molecule has 5 rings (SSSR count). The number of pyridine rings is 1. The molecule has 1 aliphatic carbocycles. The summed E-state index contributed by atoms with van der Waals surface area (Å²) in [6.45, 7) is 1.93. The second-order valence-corrected chi connectivity index (χ2v) is 8.18. The first-order valence-electron chi connectivity index (χ1n) is 9.37. The number of H-pyrrole nitrogens is 1. The molecule has 2 aliphatic rings. The van der Waals surface area contributed by atoms with E-state index in [0.29, 0.717) is 6.04 Å². The van der Waals surface area contributed by atoms with Gasteiger partial charge in [-0.1, -0.05) is 35.3 Å². The van der Waals surface area contributed by atoms with Crippen LogP contribution < -0.4 is 0 Å². The van der Waals surface area contributed by atoms with Crippen molar-refractivity contribution in [2.45, 2.75) is 38.3 Å². The molecule has 0 saturated heterocycles. The van der Waals surface area contributed by atoms with Gasteiger partial charge in [0.05, 0.1) is 21.4 Å². The Bertz CT molecular complexity index is 998. The van der Waals surface area contributed by atoms with E-state index in [1.165, 1.54) is 22.5 Å². The van der Waals surface area contributed by atoms with E-state index in [9.17, 15) is 0 Å². The van der Waals surface area contributed by atoms with Crippen LogP contribution in [0.15, 0.2) is 36.7 Å². The molecule has 0 radical (unpaired) electrons. The summed E-state index contributed by atoms with van der Waals surface area (Å²) in [5.41, 5.74) is 5.92. The van der Waals surface area contributed by atoms with E-state index in [0.717, 1.165) is 60.2 Å². The molecule has 1 atom stereocenters. The topological polar surface area (TPSA) is 44.8 Å². The Kier molecular flexibility index (Phi) is 4.43. The third-order valence-electron chi connectivity index (χ3n) is 5.79. The maximum Gasteiger partial charge on any atom is 0.139 e. The SMILES string of the molecule is Clc1ccccc1-c1nc2c([nH]1)CN(C1CCc3cncc(Cl)c3C1)CC2. The number of imidazole rings is 1. The van der Waals surface area contributed by atoms with Crippen LogP contribution in [0.25, 0.3) is 11.4 Å². The molecule has 138 valence electrons. The lowest BCUT2D eigenvalue weighted by Crippen LogP contribution is -2.42. The fourth-order valence-electron chi connectivity index (χ4n) is 4.32.